The Balaban J connectivity index is 2.08. The Labute approximate surface area is 106 Å². The van der Waals surface area contributed by atoms with E-state index in [2.05, 4.69) is 0 Å². The number of carbonyl (C=O) groups excluding carboxylic acids is 1. The van der Waals surface area contributed by atoms with Crippen LogP contribution in [0.1, 0.15) is 52.9 Å². The van der Waals surface area contributed by atoms with Crippen molar-refractivity contribution in [2.45, 2.75) is 52.1 Å². The van der Waals surface area contributed by atoms with Crippen LogP contribution in [0, 0.1) is 13.8 Å². The highest BCUT2D eigenvalue weighted by Crippen LogP contribution is 2.31. The molecule has 0 bridgehead atoms. The molecule has 3 nitrogen and oxygen atoms in total. The number of aryl methyl sites for hydroxylation is 1. The van der Waals surface area contributed by atoms with Gasteiger partial charge in [0.25, 0.3) is 0 Å². The van der Waals surface area contributed by atoms with E-state index < -0.39 is 0 Å². The molecule has 1 fully saturated rings. The minimum absolute atomic E-state index is 0.0928. The smallest absolute Gasteiger partial charge is 0.341 e. The molecule has 1 aliphatic carbocycles. The second-order valence-electron chi connectivity index (χ2n) is 4.69. The highest BCUT2D eigenvalue weighted by atomic mass is 32.1. The molecule has 1 aliphatic rings. The van der Waals surface area contributed by atoms with Crippen LogP contribution in [-0.4, -0.2) is 12.1 Å². The normalized spacial score (nSPS) is 17.1. The average molecular weight is 253 g/mol. The minimum atomic E-state index is -0.240. The minimum Gasteiger partial charge on any atom is -0.459 e. The molecule has 17 heavy (non-hydrogen) atoms. The number of hydrogen-bond acceptors (Lipinski definition) is 4. The third kappa shape index (κ3) is 2.63. The fourth-order valence-electron chi connectivity index (χ4n) is 2.30. The van der Waals surface area contributed by atoms with Gasteiger partial charge in [0.15, 0.2) is 0 Å². The summed E-state index contributed by atoms with van der Waals surface area (Å²) < 4.78 is 5.54. The Bertz CT molecular complexity index is 419. The fourth-order valence-corrected chi connectivity index (χ4v) is 3.22. The molecule has 0 radical (unpaired) electrons. The van der Waals surface area contributed by atoms with E-state index in [-0.39, 0.29) is 12.1 Å². The molecule has 1 heterocycles. The first kappa shape index (κ1) is 12.4. The Morgan fingerprint density at radius 1 is 1.29 bits per heavy atom. The number of anilines is 1. The Hall–Kier alpha value is -1.03. The zero-order valence-electron chi connectivity index (χ0n) is 10.4. The van der Waals surface area contributed by atoms with Gasteiger partial charge in [0.2, 0.25) is 0 Å². The van der Waals surface area contributed by atoms with Gasteiger partial charge in [0, 0.05) is 4.88 Å². The molecular formula is C13H19NO2S. The summed E-state index contributed by atoms with van der Waals surface area (Å²) in [5.41, 5.74) is 7.41. The zero-order chi connectivity index (χ0) is 12.4. The maximum absolute atomic E-state index is 12.1. The number of esters is 1. The van der Waals surface area contributed by atoms with E-state index in [0.29, 0.717) is 10.6 Å². The number of ether oxygens (including phenoxy) is 1. The van der Waals surface area contributed by atoms with Gasteiger partial charge in [0.1, 0.15) is 11.1 Å². The molecule has 0 atom stereocenters. The van der Waals surface area contributed by atoms with Gasteiger partial charge in [-0.2, -0.15) is 0 Å². The number of nitrogens with two attached hydrogens (primary N) is 1. The third-order valence-electron chi connectivity index (χ3n) is 3.44. The van der Waals surface area contributed by atoms with Gasteiger partial charge in [-0.3, -0.25) is 0 Å². The summed E-state index contributed by atoms with van der Waals surface area (Å²) in [5.74, 6) is -0.240. The molecule has 1 saturated carbocycles. The van der Waals surface area contributed by atoms with Gasteiger partial charge in [0.05, 0.1) is 5.56 Å². The van der Waals surface area contributed by atoms with Gasteiger partial charge >= 0.3 is 5.97 Å². The lowest BCUT2D eigenvalue weighted by Gasteiger charge is -2.21. The molecular weight excluding hydrogens is 234 g/mol. The monoisotopic (exact) mass is 253 g/mol. The molecule has 4 heteroatoms. The number of carbonyl (C=O) groups is 1. The van der Waals surface area contributed by atoms with Crippen molar-refractivity contribution < 1.29 is 9.53 Å². The first-order chi connectivity index (χ1) is 8.09. The molecule has 1 aromatic heterocycles. The second-order valence-corrected chi connectivity index (χ2v) is 5.94. The van der Waals surface area contributed by atoms with Crippen molar-refractivity contribution in [3.63, 3.8) is 0 Å². The van der Waals surface area contributed by atoms with E-state index in [1.54, 1.807) is 0 Å². The van der Waals surface area contributed by atoms with Crippen LogP contribution in [0.3, 0.4) is 0 Å². The lowest BCUT2D eigenvalue weighted by Crippen LogP contribution is -2.21. The van der Waals surface area contributed by atoms with Gasteiger partial charge in [-0.1, -0.05) is 6.42 Å². The molecule has 94 valence electrons. The molecule has 0 aromatic carbocycles. The van der Waals surface area contributed by atoms with E-state index in [0.717, 1.165) is 36.1 Å². The summed E-state index contributed by atoms with van der Waals surface area (Å²) in [5, 5.41) is 0.584. The van der Waals surface area contributed by atoms with Crippen LogP contribution in [0.25, 0.3) is 0 Å². The summed E-state index contributed by atoms with van der Waals surface area (Å²) in [6, 6.07) is 0. The van der Waals surface area contributed by atoms with Crippen LogP contribution in [-0.2, 0) is 4.74 Å². The second kappa shape index (κ2) is 5.08. The highest BCUT2D eigenvalue weighted by Gasteiger charge is 2.23. The molecule has 0 aliphatic heterocycles. The standard InChI is InChI=1S/C13H19NO2S/c1-8-9(2)17-12(14)11(8)13(15)16-10-6-4-3-5-7-10/h10H,3-7,14H2,1-2H3. The molecule has 2 N–H and O–H groups in total. The van der Waals surface area contributed by atoms with E-state index >= 15 is 0 Å². The van der Waals surface area contributed by atoms with Crippen molar-refractivity contribution in [3.05, 3.63) is 16.0 Å². The fraction of sp³-hybridized carbons (Fsp3) is 0.615. The van der Waals surface area contributed by atoms with Crippen molar-refractivity contribution in [2.24, 2.45) is 0 Å². The number of hydrogen-bond donors (Lipinski definition) is 1. The van der Waals surface area contributed by atoms with E-state index in [4.69, 9.17) is 10.5 Å². The number of thiophene rings is 1. The molecule has 2 rings (SSSR count). The molecule has 0 unspecified atom stereocenters. The van der Waals surface area contributed by atoms with Gasteiger partial charge in [-0.05, 0) is 45.1 Å². The summed E-state index contributed by atoms with van der Waals surface area (Å²) in [7, 11) is 0. The Kier molecular flexibility index (Phi) is 3.72. The van der Waals surface area contributed by atoms with Crippen molar-refractivity contribution in [3.8, 4) is 0 Å². The lowest BCUT2D eigenvalue weighted by molar-refractivity contribution is 0.0212. The van der Waals surface area contributed by atoms with Crippen molar-refractivity contribution in [1.82, 2.24) is 0 Å². The van der Waals surface area contributed by atoms with Gasteiger partial charge < -0.3 is 10.5 Å². The van der Waals surface area contributed by atoms with Crippen LogP contribution < -0.4 is 5.73 Å². The van der Waals surface area contributed by atoms with Crippen LogP contribution in [0.2, 0.25) is 0 Å². The summed E-state index contributed by atoms with van der Waals surface area (Å²) in [6.07, 6.45) is 5.66. The lowest BCUT2D eigenvalue weighted by atomic mass is 9.98. The number of nitrogen functional groups attached to an aromatic ring is 1. The van der Waals surface area contributed by atoms with Crippen molar-refractivity contribution >= 4 is 22.3 Å². The zero-order valence-corrected chi connectivity index (χ0v) is 11.2. The van der Waals surface area contributed by atoms with Gasteiger partial charge in [-0.25, -0.2) is 4.79 Å². The summed E-state index contributed by atoms with van der Waals surface area (Å²) in [4.78, 5) is 13.2. The topological polar surface area (TPSA) is 52.3 Å². The van der Waals surface area contributed by atoms with E-state index in [1.165, 1.54) is 17.8 Å². The molecule has 0 amide bonds. The Morgan fingerprint density at radius 3 is 2.47 bits per heavy atom. The van der Waals surface area contributed by atoms with Crippen LogP contribution in [0.15, 0.2) is 0 Å². The van der Waals surface area contributed by atoms with Crippen molar-refractivity contribution in [1.29, 1.82) is 0 Å². The van der Waals surface area contributed by atoms with Gasteiger partial charge in [-0.15, -0.1) is 11.3 Å². The largest absolute Gasteiger partial charge is 0.459 e. The van der Waals surface area contributed by atoms with Crippen LogP contribution in [0.5, 0.6) is 0 Å². The van der Waals surface area contributed by atoms with Crippen LogP contribution >= 0.6 is 11.3 Å². The predicted molar refractivity (Wildman–Crippen MR) is 70.5 cm³/mol. The first-order valence-electron chi connectivity index (χ1n) is 6.16. The van der Waals surface area contributed by atoms with Crippen LogP contribution in [0.4, 0.5) is 5.00 Å². The quantitative estimate of drug-likeness (QED) is 0.821. The van der Waals surface area contributed by atoms with Crippen molar-refractivity contribution in [2.75, 3.05) is 5.73 Å². The van der Waals surface area contributed by atoms with E-state index in [1.807, 2.05) is 13.8 Å². The SMILES string of the molecule is Cc1sc(N)c(C(=O)OC2CCCCC2)c1C. The maximum Gasteiger partial charge on any atom is 0.341 e. The number of rotatable bonds is 2. The maximum atomic E-state index is 12.1. The average Bonchev–Trinajstić information content (AvgIpc) is 2.54. The molecule has 0 spiro atoms. The third-order valence-corrected chi connectivity index (χ3v) is 4.48. The highest BCUT2D eigenvalue weighted by molar-refractivity contribution is 7.16. The molecule has 0 saturated heterocycles. The Morgan fingerprint density at radius 2 is 1.94 bits per heavy atom. The molecule has 1 aromatic rings. The van der Waals surface area contributed by atoms with E-state index in [9.17, 15) is 4.79 Å². The summed E-state index contributed by atoms with van der Waals surface area (Å²) in [6.45, 7) is 3.91. The predicted octanol–water partition coefficient (Wildman–Crippen LogP) is 3.44. The summed E-state index contributed by atoms with van der Waals surface area (Å²) >= 11 is 1.46. The first-order valence-corrected chi connectivity index (χ1v) is 6.97.